The smallest absolute Gasteiger partial charge is 0.0951 e. The fourth-order valence-corrected chi connectivity index (χ4v) is 3.50. The summed E-state index contributed by atoms with van der Waals surface area (Å²) in [6, 6.07) is 0.749. The lowest BCUT2D eigenvalue weighted by Crippen LogP contribution is -2.22. The summed E-state index contributed by atoms with van der Waals surface area (Å²) in [5.74, 6) is 1.92. The first kappa shape index (κ1) is 13.2. The van der Waals surface area contributed by atoms with Gasteiger partial charge in [-0.05, 0) is 44.1 Å². The van der Waals surface area contributed by atoms with E-state index in [0.29, 0.717) is 0 Å². The maximum atomic E-state index is 4.28. The van der Waals surface area contributed by atoms with Crippen LogP contribution in [-0.4, -0.2) is 16.1 Å². The molecule has 2 fully saturated rings. The van der Waals surface area contributed by atoms with Gasteiger partial charge in [-0.25, -0.2) is 4.98 Å². The van der Waals surface area contributed by atoms with Gasteiger partial charge in [-0.2, -0.15) is 0 Å². The molecule has 2 aliphatic rings. The number of aromatic nitrogens is 2. The van der Waals surface area contributed by atoms with Crippen molar-refractivity contribution in [1.29, 1.82) is 0 Å². The SMILES string of the molecule is CC1CCCC(CCNCc2cncn2C2CC2)C1. The molecule has 1 aromatic rings. The molecule has 2 atom stereocenters. The summed E-state index contributed by atoms with van der Waals surface area (Å²) in [4.78, 5) is 4.28. The Labute approximate surface area is 116 Å². The molecule has 0 radical (unpaired) electrons. The molecule has 0 spiro atoms. The van der Waals surface area contributed by atoms with Crippen LogP contribution in [0.15, 0.2) is 12.5 Å². The highest BCUT2D eigenvalue weighted by Crippen LogP contribution is 2.35. The topological polar surface area (TPSA) is 29.9 Å². The fourth-order valence-electron chi connectivity index (χ4n) is 3.50. The molecule has 0 aliphatic heterocycles. The maximum Gasteiger partial charge on any atom is 0.0951 e. The van der Waals surface area contributed by atoms with E-state index in [9.17, 15) is 0 Å². The molecule has 0 amide bonds. The van der Waals surface area contributed by atoms with E-state index in [1.807, 2.05) is 12.5 Å². The van der Waals surface area contributed by atoms with Gasteiger partial charge in [0, 0.05) is 18.8 Å². The zero-order valence-corrected chi connectivity index (χ0v) is 12.1. The average Bonchev–Trinajstić information content (AvgIpc) is 3.14. The van der Waals surface area contributed by atoms with Crippen LogP contribution in [-0.2, 0) is 6.54 Å². The van der Waals surface area contributed by atoms with Crippen molar-refractivity contribution >= 4 is 0 Å². The summed E-state index contributed by atoms with van der Waals surface area (Å²) in [6.45, 7) is 4.56. The van der Waals surface area contributed by atoms with E-state index in [0.717, 1.165) is 31.0 Å². The van der Waals surface area contributed by atoms with Crippen LogP contribution in [0.4, 0.5) is 0 Å². The average molecular weight is 261 g/mol. The Balaban J connectivity index is 1.37. The summed E-state index contributed by atoms with van der Waals surface area (Å²) in [5, 5.41) is 3.61. The van der Waals surface area contributed by atoms with E-state index in [1.165, 1.54) is 50.6 Å². The van der Waals surface area contributed by atoms with Crippen molar-refractivity contribution < 1.29 is 0 Å². The third kappa shape index (κ3) is 3.59. The molecule has 2 unspecified atom stereocenters. The van der Waals surface area contributed by atoms with Crippen molar-refractivity contribution in [3.8, 4) is 0 Å². The monoisotopic (exact) mass is 261 g/mol. The standard InChI is InChI=1S/C16H27N3/c1-13-3-2-4-14(9-13)7-8-17-10-16-11-18-12-19(16)15-5-6-15/h11-15,17H,2-10H2,1H3. The zero-order chi connectivity index (χ0) is 13.1. The first-order valence-corrected chi connectivity index (χ1v) is 8.04. The van der Waals surface area contributed by atoms with Gasteiger partial charge in [0.2, 0.25) is 0 Å². The minimum Gasteiger partial charge on any atom is -0.330 e. The van der Waals surface area contributed by atoms with Crippen LogP contribution in [0.1, 0.15) is 63.6 Å². The van der Waals surface area contributed by atoms with Crippen LogP contribution in [0.5, 0.6) is 0 Å². The van der Waals surface area contributed by atoms with E-state index in [4.69, 9.17) is 0 Å². The molecule has 0 bridgehead atoms. The minimum absolute atomic E-state index is 0.749. The third-order valence-corrected chi connectivity index (χ3v) is 4.77. The van der Waals surface area contributed by atoms with Crippen LogP contribution < -0.4 is 5.32 Å². The van der Waals surface area contributed by atoms with Crippen molar-refractivity contribution in [3.05, 3.63) is 18.2 Å². The summed E-state index contributed by atoms with van der Waals surface area (Å²) in [6.07, 6.45) is 13.8. The molecule has 2 aliphatic carbocycles. The van der Waals surface area contributed by atoms with Crippen molar-refractivity contribution in [2.24, 2.45) is 11.8 Å². The van der Waals surface area contributed by atoms with E-state index in [1.54, 1.807) is 0 Å². The zero-order valence-electron chi connectivity index (χ0n) is 12.1. The highest BCUT2D eigenvalue weighted by Gasteiger charge is 2.25. The van der Waals surface area contributed by atoms with Gasteiger partial charge >= 0.3 is 0 Å². The Morgan fingerprint density at radius 2 is 2.21 bits per heavy atom. The maximum absolute atomic E-state index is 4.28. The Morgan fingerprint density at radius 3 is 3.00 bits per heavy atom. The lowest BCUT2D eigenvalue weighted by molar-refractivity contribution is 0.267. The summed E-state index contributed by atoms with van der Waals surface area (Å²) < 4.78 is 2.36. The molecule has 1 aromatic heterocycles. The predicted octanol–water partition coefficient (Wildman–Crippen LogP) is 3.52. The van der Waals surface area contributed by atoms with Crippen LogP contribution >= 0.6 is 0 Å². The number of nitrogens with zero attached hydrogens (tertiary/aromatic N) is 2. The normalized spacial score (nSPS) is 27.6. The van der Waals surface area contributed by atoms with Crippen molar-refractivity contribution in [2.45, 2.75) is 64.5 Å². The largest absolute Gasteiger partial charge is 0.330 e. The minimum atomic E-state index is 0.749. The molecule has 3 nitrogen and oxygen atoms in total. The molecule has 3 rings (SSSR count). The number of nitrogens with one attached hydrogen (secondary N) is 1. The summed E-state index contributed by atoms with van der Waals surface area (Å²) in [5.41, 5.74) is 1.36. The molecular weight excluding hydrogens is 234 g/mol. The highest BCUT2D eigenvalue weighted by molar-refractivity contribution is 5.03. The molecule has 3 heteroatoms. The third-order valence-electron chi connectivity index (χ3n) is 4.77. The predicted molar refractivity (Wildman–Crippen MR) is 77.9 cm³/mol. The molecule has 19 heavy (non-hydrogen) atoms. The molecule has 0 saturated heterocycles. The van der Waals surface area contributed by atoms with Gasteiger partial charge in [-0.15, -0.1) is 0 Å². The number of rotatable bonds is 6. The van der Waals surface area contributed by atoms with E-state index < -0.39 is 0 Å². The van der Waals surface area contributed by atoms with Gasteiger partial charge in [0.1, 0.15) is 0 Å². The van der Waals surface area contributed by atoms with E-state index in [-0.39, 0.29) is 0 Å². The first-order chi connectivity index (χ1) is 9.33. The van der Waals surface area contributed by atoms with Crippen molar-refractivity contribution in [3.63, 3.8) is 0 Å². The van der Waals surface area contributed by atoms with Crippen LogP contribution in [0.3, 0.4) is 0 Å². The number of imidazole rings is 1. The highest BCUT2D eigenvalue weighted by atomic mass is 15.1. The Morgan fingerprint density at radius 1 is 1.32 bits per heavy atom. The fraction of sp³-hybridized carbons (Fsp3) is 0.812. The van der Waals surface area contributed by atoms with Crippen molar-refractivity contribution in [1.82, 2.24) is 14.9 Å². The molecule has 0 aromatic carbocycles. The van der Waals surface area contributed by atoms with Gasteiger partial charge in [0.25, 0.3) is 0 Å². The number of hydrogen-bond donors (Lipinski definition) is 1. The quantitative estimate of drug-likeness (QED) is 0.794. The molecule has 106 valence electrons. The van der Waals surface area contributed by atoms with Gasteiger partial charge in [0.05, 0.1) is 12.0 Å². The number of hydrogen-bond acceptors (Lipinski definition) is 2. The molecule has 2 saturated carbocycles. The lowest BCUT2D eigenvalue weighted by Gasteiger charge is -2.26. The van der Waals surface area contributed by atoms with Crippen LogP contribution in [0.2, 0.25) is 0 Å². The lowest BCUT2D eigenvalue weighted by atomic mass is 9.81. The Bertz CT molecular complexity index is 394. The molecular formula is C16H27N3. The Kier molecular flexibility index (Phi) is 4.21. The van der Waals surface area contributed by atoms with Gasteiger partial charge in [-0.3, -0.25) is 0 Å². The summed E-state index contributed by atoms with van der Waals surface area (Å²) >= 11 is 0. The van der Waals surface area contributed by atoms with Crippen LogP contribution in [0.25, 0.3) is 0 Å². The summed E-state index contributed by atoms with van der Waals surface area (Å²) in [7, 11) is 0. The molecule has 1 N–H and O–H groups in total. The van der Waals surface area contributed by atoms with Crippen molar-refractivity contribution in [2.75, 3.05) is 6.54 Å². The second-order valence-electron chi connectivity index (χ2n) is 6.63. The van der Waals surface area contributed by atoms with Gasteiger partial charge in [-0.1, -0.05) is 26.2 Å². The van der Waals surface area contributed by atoms with Crippen LogP contribution in [0, 0.1) is 11.8 Å². The van der Waals surface area contributed by atoms with Gasteiger partial charge < -0.3 is 9.88 Å². The first-order valence-electron chi connectivity index (χ1n) is 8.04. The van der Waals surface area contributed by atoms with Gasteiger partial charge in [0.15, 0.2) is 0 Å². The Hall–Kier alpha value is -0.830. The van der Waals surface area contributed by atoms with E-state index in [2.05, 4.69) is 21.8 Å². The van der Waals surface area contributed by atoms with E-state index >= 15 is 0 Å². The second-order valence-corrected chi connectivity index (χ2v) is 6.63. The molecule has 1 heterocycles. The second kappa shape index (κ2) is 6.08.